The van der Waals surface area contributed by atoms with Crippen molar-refractivity contribution in [3.8, 4) is 0 Å². The first-order valence-corrected chi connectivity index (χ1v) is 6.22. The Balaban J connectivity index is 1.95. The second kappa shape index (κ2) is 3.74. The zero-order chi connectivity index (χ0) is 11.9. The van der Waals surface area contributed by atoms with Crippen molar-refractivity contribution in [2.75, 3.05) is 13.1 Å². The highest BCUT2D eigenvalue weighted by Gasteiger charge is 2.21. The average molecular weight is 239 g/mol. The number of para-hydroxylation sites is 1. The molecule has 1 aliphatic heterocycles. The summed E-state index contributed by atoms with van der Waals surface area (Å²) in [5.41, 5.74) is 1.87. The number of nitrogens with zero attached hydrogens (tertiary/aromatic N) is 4. The molecule has 0 spiro atoms. The molecule has 0 radical (unpaired) electrons. The Hall–Kier alpha value is -2.01. The van der Waals surface area contributed by atoms with E-state index in [9.17, 15) is 0 Å². The lowest BCUT2D eigenvalue weighted by molar-refractivity contribution is 0.697. The van der Waals surface area contributed by atoms with Gasteiger partial charge in [0, 0.05) is 17.8 Å². The summed E-state index contributed by atoms with van der Waals surface area (Å²) in [7, 11) is 0. The van der Waals surface area contributed by atoms with Crippen LogP contribution < -0.4 is 5.32 Å². The van der Waals surface area contributed by atoms with Gasteiger partial charge in [0.25, 0.3) is 0 Å². The molecule has 0 bridgehead atoms. The fourth-order valence-corrected chi connectivity index (χ4v) is 2.54. The van der Waals surface area contributed by atoms with E-state index < -0.39 is 0 Å². The van der Waals surface area contributed by atoms with Gasteiger partial charge in [-0.1, -0.05) is 12.1 Å². The fourth-order valence-electron chi connectivity index (χ4n) is 2.54. The number of hydrogen-bond acceptors (Lipinski definition) is 4. The number of fused-ring (bicyclic) bond motifs is 3. The number of benzene rings is 1. The van der Waals surface area contributed by atoms with E-state index in [0.29, 0.717) is 5.92 Å². The SMILES string of the molecule is c1ccc2c(c1)ncn1nc(C3CCNC3)nc21. The van der Waals surface area contributed by atoms with Crippen LogP contribution >= 0.6 is 0 Å². The van der Waals surface area contributed by atoms with Gasteiger partial charge in [0.1, 0.15) is 6.33 Å². The van der Waals surface area contributed by atoms with Crippen LogP contribution in [0.2, 0.25) is 0 Å². The third kappa shape index (κ3) is 1.41. The number of nitrogens with one attached hydrogen (secondary N) is 1. The van der Waals surface area contributed by atoms with Crippen molar-refractivity contribution in [1.82, 2.24) is 24.9 Å². The zero-order valence-corrected chi connectivity index (χ0v) is 9.87. The van der Waals surface area contributed by atoms with Crippen molar-refractivity contribution < 1.29 is 0 Å². The molecule has 5 nitrogen and oxygen atoms in total. The van der Waals surface area contributed by atoms with Crippen LogP contribution in [-0.4, -0.2) is 32.7 Å². The van der Waals surface area contributed by atoms with Gasteiger partial charge in [0.15, 0.2) is 11.5 Å². The lowest BCUT2D eigenvalue weighted by Crippen LogP contribution is -2.08. The molecule has 0 saturated carbocycles. The smallest absolute Gasteiger partial charge is 0.166 e. The van der Waals surface area contributed by atoms with Crippen LogP contribution in [0, 0.1) is 0 Å². The molecule has 2 aromatic heterocycles. The Morgan fingerprint density at radius 3 is 3.11 bits per heavy atom. The van der Waals surface area contributed by atoms with Gasteiger partial charge in [0.05, 0.1) is 5.52 Å². The van der Waals surface area contributed by atoms with Gasteiger partial charge in [-0.3, -0.25) is 0 Å². The van der Waals surface area contributed by atoms with Crippen LogP contribution in [0.5, 0.6) is 0 Å². The number of hydrogen-bond donors (Lipinski definition) is 1. The quantitative estimate of drug-likeness (QED) is 0.696. The predicted octanol–water partition coefficient (Wildman–Crippen LogP) is 1.35. The molecule has 18 heavy (non-hydrogen) atoms. The van der Waals surface area contributed by atoms with Crippen LogP contribution in [0.3, 0.4) is 0 Å². The van der Waals surface area contributed by atoms with E-state index in [1.807, 2.05) is 24.3 Å². The molecule has 4 rings (SSSR count). The standard InChI is InChI=1S/C13H13N5/c1-2-4-11-10(3-1)13-16-12(9-5-6-14-7-9)17-18(13)8-15-11/h1-4,8-9,14H,5-7H2. The highest BCUT2D eigenvalue weighted by molar-refractivity contribution is 5.90. The Kier molecular flexibility index (Phi) is 2.07. The van der Waals surface area contributed by atoms with E-state index >= 15 is 0 Å². The van der Waals surface area contributed by atoms with E-state index in [1.165, 1.54) is 0 Å². The molecule has 3 aromatic rings. The number of aromatic nitrogens is 4. The van der Waals surface area contributed by atoms with Crippen LogP contribution in [-0.2, 0) is 0 Å². The van der Waals surface area contributed by atoms with Gasteiger partial charge in [0.2, 0.25) is 0 Å². The lowest BCUT2D eigenvalue weighted by atomic mass is 10.1. The van der Waals surface area contributed by atoms with Crippen molar-refractivity contribution in [3.63, 3.8) is 0 Å². The maximum atomic E-state index is 4.69. The van der Waals surface area contributed by atoms with Crippen molar-refractivity contribution in [3.05, 3.63) is 36.4 Å². The van der Waals surface area contributed by atoms with Crippen LogP contribution in [0.25, 0.3) is 16.6 Å². The molecule has 3 heterocycles. The normalized spacial score (nSPS) is 19.9. The van der Waals surface area contributed by atoms with E-state index in [-0.39, 0.29) is 0 Å². The third-order valence-corrected chi connectivity index (χ3v) is 3.52. The zero-order valence-electron chi connectivity index (χ0n) is 9.87. The predicted molar refractivity (Wildman–Crippen MR) is 68.5 cm³/mol. The Morgan fingerprint density at radius 1 is 1.28 bits per heavy atom. The molecule has 0 amide bonds. The van der Waals surface area contributed by atoms with E-state index in [0.717, 1.165) is 41.9 Å². The first-order chi connectivity index (χ1) is 8.92. The summed E-state index contributed by atoms with van der Waals surface area (Å²) in [4.78, 5) is 9.09. The monoisotopic (exact) mass is 239 g/mol. The second-order valence-electron chi connectivity index (χ2n) is 4.69. The van der Waals surface area contributed by atoms with Gasteiger partial charge in [-0.25, -0.2) is 14.5 Å². The summed E-state index contributed by atoms with van der Waals surface area (Å²) < 4.78 is 1.79. The summed E-state index contributed by atoms with van der Waals surface area (Å²) in [5, 5.41) is 8.96. The molecule has 90 valence electrons. The highest BCUT2D eigenvalue weighted by Crippen LogP contribution is 2.22. The molecular formula is C13H13N5. The van der Waals surface area contributed by atoms with Crippen molar-refractivity contribution in [2.45, 2.75) is 12.3 Å². The summed E-state index contributed by atoms with van der Waals surface area (Å²) in [6.45, 7) is 2.03. The minimum atomic E-state index is 0.434. The Morgan fingerprint density at radius 2 is 2.22 bits per heavy atom. The Bertz CT molecular complexity index is 712. The Labute approximate surface area is 104 Å². The fraction of sp³-hybridized carbons (Fsp3) is 0.308. The second-order valence-corrected chi connectivity index (χ2v) is 4.69. The molecule has 1 aromatic carbocycles. The molecular weight excluding hydrogens is 226 g/mol. The van der Waals surface area contributed by atoms with Crippen LogP contribution in [0.15, 0.2) is 30.6 Å². The molecule has 1 atom stereocenters. The first kappa shape index (κ1) is 9.96. The van der Waals surface area contributed by atoms with Crippen LogP contribution in [0.1, 0.15) is 18.2 Å². The minimum absolute atomic E-state index is 0.434. The van der Waals surface area contributed by atoms with E-state index in [4.69, 9.17) is 4.98 Å². The summed E-state index contributed by atoms with van der Waals surface area (Å²) in [5.74, 6) is 1.36. The maximum Gasteiger partial charge on any atom is 0.166 e. The lowest BCUT2D eigenvalue weighted by Gasteiger charge is -1.99. The minimum Gasteiger partial charge on any atom is -0.316 e. The summed E-state index contributed by atoms with van der Waals surface area (Å²) >= 11 is 0. The van der Waals surface area contributed by atoms with Crippen molar-refractivity contribution >= 4 is 16.6 Å². The van der Waals surface area contributed by atoms with Gasteiger partial charge in [-0.2, -0.15) is 0 Å². The van der Waals surface area contributed by atoms with Crippen molar-refractivity contribution in [1.29, 1.82) is 0 Å². The topological polar surface area (TPSA) is 55.1 Å². The number of rotatable bonds is 1. The van der Waals surface area contributed by atoms with Gasteiger partial charge in [-0.15, -0.1) is 5.10 Å². The maximum absolute atomic E-state index is 4.69. The highest BCUT2D eigenvalue weighted by atomic mass is 15.3. The first-order valence-electron chi connectivity index (χ1n) is 6.22. The van der Waals surface area contributed by atoms with Gasteiger partial charge >= 0.3 is 0 Å². The van der Waals surface area contributed by atoms with Gasteiger partial charge < -0.3 is 5.32 Å². The summed E-state index contributed by atoms with van der Waals surface area (Å²) in [6, 6.07) is 8.04. The third-order valence-electron chi connectivity index (χ3n) is 3.52. The van der Waals surface area contributed by atoms with Crippen molar-refractivity contribution in [2.24, 2.45) is 0 Å². The van der Waals surface area contributed by atoms with E-state index in [2.05, 4.69) is 15.4 Å². The van der Waals surface area contributed by atoms with Gasteiger partial charge in [-0.05, 0) is 25.1 Å². The molecule has 1 unspecified atom stereocenters. The molecule has 1 saturated heterocycles. The van der Waals surface area contributed by atoms with Crippen LogP contribution in [0.4, 0.5) is 0 Å². The average Bonchev–Trinajstić information content (AvgIpc) is 3.07. The van der Waals surface area contributed by atoms with E-state index in [1.54, 1.807) is 10.8 Å². The molecule has 5 heteroatoms. The molecule has 1 N–H and O–H groups in total. The molecule has 0 aliphatic carbocycles. The largest absolute Gasteiger partial charge is 0.316 e. The summed E-state index contributed by atoms with van der Waals surface area (Å²) in [6.07, 6.45) is 2.86. The molecule has 1 fully saturated rings. The molecule has 1 aliphatic rings.